The third-order valence-electron chi connectivity index (χ3n) is 6.26. The molecule has 0 aliphatic rings. The minimum atomic E-state index is -0.233. The molecule has 262 valence electrons. The highest BCUT2D eigenvalue weighted by Crippen LogP contribution is 2.20. The van der Waals surface area contributed by atoms with Gasteiger partial charge in [0.25, 0.3) is 5.91 Å². The minimum Gasteiger partial charge on any atom is -0.508 e. The summed E-state index contributed by atoms with van der Waals surface area (Å²) in [5, 5.41) is 33.5. The SMILES string of the molecule is CNCCOCCOCCNc1nc(Nc2ccc(O)cc2)nc(Nc2ccc(C(=O)NCCOCCO)cc2)n1.O=Cc1ccccc1. The molecule has 0 aliphatic carbocycles. The van der Waals surface area contributed by atoms with Gasteiger partial charge in [0, 0.05) is 42.1 Å². The number of benzene rings is 3. The summed E-state index contributed by atoms with van der Waals surface area (Å²) in [4.78, 5) is 35.7. The number of aldehydes is 1. The molecule has 7 N–H and O–H groups in total. The zero-order chi connectivity index (χ0) is 34.9. The summed E-state index contributed by atoms with van der Waals surface area (Å²) in [6, 6.07) is 22.5. The standard InChI is InChI=1S/C27H38N8O6.C7H6O/c1-28-10-14-40-18-19-41-16-12-30-25-33-26(35-27(34-25)32-22-6-8-23(37)9-7-22)31-21-4-2-20(3-5-21)24(38)29-11-15-39-17-13-36;8-6-7-4-2-1-3-5-7/h2-9,28,36-37H,10-19H2,1H3,(H,29,38)(H3,30,31,32,33,34,35);1-6H. The summed E-state index contributed by atoms with van der Waals surface area (Å²) in [5.74, 6) is 0.810. The largest absolute Gasteiger partial charge is 0.508 e. The molecule has 0 fully saturated rings. The predicted molar refractivity (Wildman–Crippen MR) is 187 cm³/mol. The first-order chi connectivity index (χ1) is 24.0. The number of aliphatic hydroxyl groups excluding tert-OH is 1. The lowest BCUT2D eigenvalue weighted by Gasteiger charge is -2.12. The van der Waals surface area contributed by atoms with Crippen LogP contribution in [0.1, 0.15) is 20.7 Å². The van der Waals surface area contributed by atoms with Crippen LogP contribution in [0.2, 0.25) is 0 Å². The molecule has 0 unspecified atom stereocenters. The van der Waals surface area contributed by atoms with E-state index in [1.54, 1.807) is 60.7 Å². The summed E-state index contributed by atoms with van der Waals surface area (Å²) in [6.45, 7) is 4.15. The number of aromatic nitrogens is 3. The lowest BCUT2D eigenvalue weighted by atomic mass is 10.2. The Hall–Kier alpha value is -5.19. The van der Waals surface area contributed by atoms with Gasteiger partial charge in [-0.3, -0.25) is 9.59 Å². The van der Waals surface area contributed by atoms with Gasteiger partial charge in [-0.25, -0.2) is 0 Å². The number of anilines is 5. The van der Waals surface area contributed by atoms with E-state index in [1.165, 1.54) is 0 Å². The first kappa shape index (κ1) is 38.3. The van der Waals surface area contributed by atoms with Crippen molar-refractivity contribution >= 4 is 41.4 Å². The molecule has 0 saturated heterocycles. The van der Waals surface area contributed by atoms with Gasteiger partial charge in [0.2, 0.25) is 17.8 Å². The summed E-state index contributed by atoms with van der Waals surface area (Å²) in [7, 11) is 1.87. The highest BCUT2D eigenvalue weighted by atomic mass is 16.5. The predicted octanol–water partition coefficient (Wildman–Crippen LogP) is 2.97. The lowest BCUT2D eigenvalue weighted by Crippen LogP contribution is -2.27. The van der Waals surface area contributed by atoms with Crippen molar-refractivity contribution in [3.8, 4) is 5.75 Å². The van der Waals surface area contributed by atoms with Crippen LogP contribution in [0.25, 0.3) is 0 Å². The second kappa shape index (κ2) is 23.2. The number of carbonyl (C=O) groups is 2. The van der Waals surface area contributed by atoms with Crippen molar-refractivity contribution < 1.29 is 34.0 Å². The number of aromatic hydroxyl groups is 1. The second-order valence-corrected chi connectivity index (χ2v) is 10.1. The highest BCUT2D eigenvalue weighted by molar-refractivity contribution is 5.94. The van der Waals surface area contributed by atoms with E-state index < -0.39 is 0 Å². The average Bonchev–Trinajstić information content (AvgIpc) is 3.12. The fourth-order valence-corrected chi connectivity index (χ4v) is 3.84. The third kappa shape index (κ3) is 16.0. The first-order valence-electron chi connectivity index (χ1n) is 15.7. The van der Waals surface area contributed by atoms with Crippen molar-refractivity contribution in [3.05, 3.63) is 90.0 Å². The molecule has 1 amide bonds. The molecule has 0 radical (unpaired) electrons. The smallest absolute Gasteiger partial charge is 0.251 e. The van der Waals surface area contributed by atoms with Crippen LogP contribution in [0, 0.1) is 0 Å². The molecule has 0 atom stereocenters. The molecule has 1 aromatic heterocycles. The van der Waals surface area contributed by atoms with E-state index in [2.05, 4.69) is 41.5 Å². The number of nitrogens with one attached hydrogen (secondary N) is 5. The van der Waals surface area contributed by atoms with Crippen LogP contribution in [-0.2, 0) is 14.2 Å². The van der Waals surface area contributed by atoms with Gasteiger partial charge in [-0.2, -0.15) is 15.0 Å². The van der Waals surface area contributed by atoms with E-state index in [9.17, 15) is 14.7 Å². The van der Waals surface area contributed by atoms with Crippen LogP contribution in [0.15, 0.2) is 78.9 Å². The number of phenols is 1. The Morgan fingerprint density at radius 3 is 1.82 bits per heavy atom. The number of rotatable bonds is 21. The third-order valence-corrected chi connectivity index (χ3v) is 6.26. The molecule has 0 aliphatic heterocycles. The Bertz CT molecular complexity index is 1500. The van der Waals surface area contributed by atoms with Crippen LogP contribution in [-0.4, -0.2) is 110 Å². The van der Waals surface area contributed by atoms with Gasteiger partial charge in [0.05, 0.1) is 46.2 Å². The Balaban J connectivity index is 0.000000710. The van der Waals surface area contributed by atoms with Crippen molar-refractivity contribution in [1.29, 1.82) is 0 Å². The zero-order valence-corrected chi connectivity index (χ0v) is 27.4. The zero-order valence-electron chi connectivity index (χ0n) is 27.4. The number of hydrogen-bond donors (Lipinski definition) is 7. The molecule has 49 heavy (non-hydrogen) atoms. The van der Waals surface area contributed by atoms with Gasteiger partial charge < -0.3 is 51.0 Å². The Kier molecular flexibility index (Phi) is 18.1. The number of carbonyl (C=O) groups excluding carboxylic acids is 2. The minimum absolute atomic E-state index is 0.0581. The number of nitrogens with zero attached hydrogens (tertiary/aromatic N) is 3. The van der Waals surface area contributed by atoms with E-state index in [0.29, 0.717) is 69.0 Å². The van der Waals surface area contributed by atoms with Crippen LogP contribution in [0.5, 0.6) is 5.75 Å². The molecule has 15 nitrogen and oxygen atoms in total. The molecule has 0 saturated carbocycles. The van der Waals surface area contributed by atoms with Crippen molar-refractivity contribution in [2.75, 3.05) is 88.9 Å². The van der Waals surface area contributed by atoms with E-state index in [-0.39, 0.29) is 36.8 Å². The molecule has 1 heterocycles. The lowest BCUT2D eigenvalue weighted by molar-refractivity contribution is 0.0531. The Morgan fingerprint density at radius 2 is 1.24 bits per heavy atom. The normalized spacial score (nSPS) is 10.4. The van der Waals surface area contributed by atoms with E-state index in [4.69, 9.17) is 19.3 Å². The number of phenolic OH excluding ortho intramolecular Hbond substituents is 1. The molecule has 0 spiro atoms. The molecular weight excluding hydrogens is 632 g/mol. The van der Waals surface area contributed by atoms with Crippen LogP contribution < -0.4 is 26.6 Å². The van der Waals surface area contributed by atoms with E-state index >= 15 is 0 Å². The fraction of sp³-hybridized carbons (Fsp3) is 0.324. The quantitative estimate of drug-likeness (QED) is 0.0386. The van der Waals surface area contributed by atoms with Crippen molar-refractivity contribution in [1.82, 2.24) is 25.6 Å². The van der Waals surface area contributed by atoms with Gasteiger partial charge in [-0.1, -0.05) is 30.3 Å². The Labute approximate surface area is 285 Å². The molecule has 4 rings (SSSR count). The summed E-state index contributed by atoms with van der Waals surface area (Å²) < 4.78 is 16.2. The number of hydrogen-bond acceptors (Lipinski definition) is 14. The van der Waals surface area contributed by atoms with Gasteiger partial charge in [0.1, 0.15) is 12.0 Å². The van der Waals surface area contributed by atoms with Crippen molar-refractivity contribution in [3.63, 3.8) is 0 Å². The van der Waals surface area contributed by atoms with E-state index in [0.717, 1.165) is 18.4 Å². The number of likely N-dealkylation sites (N-methyl/N-ethyl adjacent to an activating group) is 1. The summed E-state index contributed by atoms with van der Waals surface area (Å²) in [6.07, 6.45) is 0.833. The van der Waals surface area contributed by atoms with Crippen LogP contribution in [0.4, 0.5) is 29.2 Å². The van der Waals surface area contributed by atoms with Gasteiger partial charge in [0.15, 0.2) is 0 Å². The van der Waals surface area contributed by atoms with E-state index in [1.807, 2.05) is 25.2 Å². The van der Waals surface area contributed by atoms with Gasteiger partial charge in [-0.05, 0) is 55.6 Å². The number of aliphatic hydroxyl groups is 1. The molecule has 15 heteroatoms. The maximum Gasteiger partial charge on any atom is 0.251 e. The molecule has 0 bridgehead atoms. The fourth-order valence-electron chi connectivity index (χ4n) is 3.84. The second-order valence-electron chi connectivity index (χ2n) is 10.1. The first-order valence-corrected chi connectivity index (χ1v) is 15.7. The molecule has 4 aromatic rings. The maximum atomic E-state index is 12.3. The maximum absolute atomic E-state index is 12.3. The van der Waals surface area contributed by atoms with Crippen LogP contribution >= 0.6 is 0 Å². The molecule has 3 aromatic carbocycles. The Morgan fingerprint density at radius 1 is 0.694 bits per heavy atom. The average molecular weight is 677 g/mol. The van der Waals surface area contributed by atoms with Gasteiger partial charge in [-0.15, -0.1) is 0 Å². The molecular formula is C34H44N8O7. The van der Waals surface area contributed by atoms with Gasteiger partial charge >= 0.3 is 0 Å². The summed E-state index contributed by atoms with van der Waals surface area (Å²) >= 11 is 0. The van der Waals surface area contributed by atoms with Crippen LogP contribution in [0.3, 0.4) is 0 Å². The highest BCUT2D eigenvalue weighted by Gasteiger charge is 2.10. The monoisotopic (exact) mass is 676 g/mol. The van der Waals surface area contributed by atoms with Crippen molar-refractivity contribution in [2.24, 2.45) is 0 Å². The van der Waals surface area contributed by atoms with Crippen molar-refractivity contribution in [2.45, 2.75) is 0 Å². The number of ether oxygens (including phenoxy) is 3. The number of amides is 1. The summed E-state index contributed by atoms with van der Waals surface area (Å²) in [5.41, 5.74) is 2.57. The topological polar surface area (TPSA) is 201 Å².